The molecule has 2 bridgehead atoms. The van der Waals surface area contributed by atoms with Crippen molar-refractivity contribution < 1.29 is 19.4 Å². The van der Waals surface area contributed by atoms with Crippen LogP contribution in [0, 0.1) is 11.3 Å². The fourth-order valence-electron chi connectivity index (χ4n) is 8.65. The number of anilines is 1. The van der Waals surface area contributed by atoms with Crippen molar-refractivity contribution in [1.29, 1.82) is 0 Å². The van der Waals surface area contributed by atoms with Crippen LogP contribution in [-0.4, -0.2) is 59.8 Å². The number of aliphatic hydroxyl groups is 1. The third-order valence-corrected chi connectivity index (χ3v) is 9.25. The van der Waals surface area contributed by atoms with Crippen LogP contribution in [-0.2, 0) is 19.7 Å². The first-order valence-electron chi connectivity index (χ1n) is 10.8. The van der Waals surface area contributed by atoms with Gasteiger partial charge in [-0.1, -0.05) is 18.2 Å². The van der Waals surface area contributed by atoms with Crippen molar-refractivity contribution in [3.63, 3.8) is 0 Å². The second-order valence-electron chi connectivity index (χ2n) is 9.77. The van der Waals surface area contributed by atoms with Crippen molar-refractivity contribution in [2.75, 3.05) is 25.1 Å². The molecule has 1 aromatic carbocycles. The molecular weight excluding hydrogens is 368 g/mol. The maximum Gasteiger partial charge on any atom is 0.311 e. The Bertz CT molecular complexity index is 933. The summed E-state index contributed by atoms with van der Waals surface area (Å²) in [5, 5.41) is 11.3. The Kier molecular flexibility index (Phi) is 3.34. The van der Waals surface area contributed by atoms with Crippen molar-refractivity contribution in [3.05, 3.63) is 29.8 Å². The third-order valence-electron chi connectivity index (χ3n) is 9.25. The average molecular weight is 396 g/mol. The lowest BCUT2D eigenvalue weighted by atomic mass is 9.38. The van der Waals surface area contributed by atoms with Crippen molar-refractivity contribution >= 4 is 17.6 Å². The van der Waals surface area contributed by atoms with E-state index in [1.54, 1.807) is 6.92 Å². The number of methoxy groups -OCH3 is 1. The van der Waals surface area contributed by atoms with Gasteiger partial charge in [0.1, 0.15) is 0 Å². The van der Waals surface area contributed by atoms with Crippen molar-refractivity contribution in [1.82, 2.24) is 4.90 Å². The lowest BCUT2D eigenvalue weighted by Crippen LogP contribution is -2.81. The van der Waals surface area contributed by atoms with Crippen molar-refractivity contribution in [2.45, 2.75) is 62.1 Å². The van der Waals surface area contributed by atoms with Crippen molar-refractivity contribution in [2.24, 2.45) is 11.3 Å². The molecule has 6 aliphatic rings. The van der Waals surface area contributed by atoms with E-state index < -0.39 is 17.6 Å². The second-order valence-corrected chi connectivity index (χ2v) is 9.77. The molecule has 1 N–H and O–H groups in total. The van der Waals surface area contributed by atoms with Gasteiger partial charge in [0.05, 0.1) is 24.7 Å². The third kappa shape index (κ3) is 1.67. The molecule has 29 heavy (non-hydrogen) atoms. The minimum absolute atomic E-state index is 0.00700. The lowest BCUT2D eigenvalue weighted by molar-refractivity contribution is -0.200. The molecule has 3 aliphatic carbocycles. The van der Waals surface area contributed by atoms with Crippen LogP contribution in [0.1, 0.15) is 44.6 Å². The molecular formula is C23H28N2O4. The number of fused-ring (bicyclic) bond motifs is 3. The number of amides is 1. The molecule has 2 unspecified atom stereocenters. The summed E-state index contributed by atoms with van der Waals surface area (Å²) in [6.07, 6.45) is 3.45. The fourth-order valence-corrected chi connectivity index (χ4v) is 8.65. The van der Waals surface area contributed by atoms with Crippen LogP contribution < -0.4 is 4.90 Å². The van der Waals surface area contributed by atoms with E-state index >= 15 is 0 Å². The van der Waals surface area contributed by atoms with Crippen LogP contribution >= 0.6 is 0 Å². The summed E-state index contributed by atoms with van der Waals surface area (Å²) in [5.74, 6) is -0.661. The minimum Gasteiger partial charge on any atom is -0.469 e. The maximum atomic E-state index is 13.2. The van der Waals surface area contributed by atoms with E-state index in [1.807, 2.05) is 17.0 Å². The molecule has 3 heterocycles. The van der Waals surface area contributed by atoms with Gasteiger partial charge in [-0.3, -0.25) is 14.5 Å². The molecule has 6 atom stereocenters. The highest BCUT2D eigenvalue weighted by Crippen LogP contribution is 2.75. The molecule has 6 heteroatoms. The highest BCUT2D eigenvalue weighted by molar-refractivity contribution is 5.99. The van der Waals surface area contributed by atoms with Gasteiger partial charge in [0.25, 0.3) is 0 Å². The zero-order valence-electron chi connectivity index (χ0n) is 17.1. The van der Waals surface area contributed by atoms with Gasteiger partial charge in [-0.25, -0.2) is 0 Å². The zero-order valence-corrected chi connectivity index (χ0v) is 17.1. The summed E-state index contributed by atoms with van der Waals surface area (Å²) in [6, 6.07) is 8.40. The normalized spacial score (nSPS) is 44.2. The molecule has 3 saturated carbocycles. The fraction of sp³-hybridized carbons (Fsp3) is 0.652. The summed E-state index contributed by atoms with van der Waals surface area (Å²) in [7, 11) is 1.45. The Labute approximate surface area is 170 Å². The molecule has 154 valence electrons. The molecule has 1 amide bonds. The number of carbonyl (C=O) groups is 2. The van der Waals surface area contributed by atoms with E-state index in [2.05, 4.69) is 17.0 Å². The van der Waals surface area contributed by atoms with E-state index in [1.165, 1.54) is 12.7 Å². The Morgan fingerprint density at radius 3 is 2.72 bits per heavy atom. The Balaban J connectivity index is 1.71. The summed E-state index contributed by atoms with van der Waals surface area (Å²) >= 11 is 0. The van der Waals surface area contributed by atoms with Crippen LogP contribution in [0.3, 0.4) is 0 Å². The summed E-state index contributed by atoms with van der Waals surface area (Å²) in [5.41, 5.74) is 0.901. The predicted molar refractivity (Wildman–Crippen MR) is 106 cm³/mol. The number of ether oxygens (including phenoxy) is 1. The summed E-state index contributed by atoms with van der Waals surface area (Å²) in [6.45, 7) is 3.46. The molecule has 7 rings (SSSR count). The van der Waals surface area contributed by atoms with Gasteiger partial charge in [-0.05, 0) is 50.3 Å². The number of benzene rings is 1. The van der Waals surface area contributed by atoms with Crippen LogP contribution in [0.4, 0.5) is 5.69 Å². The first-order valence-corrected chi connectivity index (χ1v) is 10.8. The van der Waals surface area contributed by atoms with Gasteiger partial charge in [0.15, 0.2) is 0 Å². The predicted octanol–water partition coefficient (Wildman–Crippen LogP) is 1.84. The van der Waals surface area contributed by atoms with Crippen LogP contribution in [0.2, 0.25) is 0 Å². The van der Waals surface area contributed by atoms with Crippen LogP contribution in [0.25, 0.3) is 0 Å². The highest BCUT2D eigenvalue weighted by atomic mass is 16.5. The second kappa shape index (κ2) is 5.41. The van der Waals surface area contributed by atoms with Gasteiger partial charge < -0.3 is 14.7 Å². The standard InChI is InChI=1S/C23H28N2O4/c1-14(26)25-17-6-4-3-5-15(17)22-10-12-24-11-7-18(27)21(20(22)24)8-9-23(22,25)16(13-21)19(28)29-2/h3-6,16,18,20,27H,7-13H2,1-2H3/t16-,18+,20-,21?,22+,23?/m0/s1. The van der Waals surface area contributed by atoms with Gasteiger partial charge in [-0.2, -0.15) is 0 Å². The van der Waals surface area contributed by atoms with Gasteiger partial charge >= 0.3 is 5.97 Å². The van der Waals surface area contributed by atoms with Crippen LogP contribution in [0.5, 0.6) is 0 Å². The average Bonchev–Trinajstić information content (AvgIpc) is 3.25. The van der Waals surface area contributed by atoms with Gasteiger partial charge in [0.2, 0.25) is 5.91 Å². The Morgan fingerprint density at radius 2 is 1.97 bits per heavy atom. The van der Waals surface area contributed by atoms with E-state index in [9.17, 15) is 14.7 Å². The molecule has 0 aromatic heterocycles. The quantitative estimate of drug-likeness (QED) is 0.734. The number of hydrogen-bond acceptors (Lipinski definition) is 5. The van der Waals surface area contributed by atoms with Gasteiger partial charge in [0, 0.05) is 36.0 Å². The number of esters is 1. The summed E-state index contributed by atoms with van der Waals surface area (Å²) < 4.78 is 5.31. The monoisotopic (exact) mass is 396 g/mol. The highest BCUT2D eigenvalue weighted by Gasteiger charge is 2.82. The number of para-hydroxylation sites is 1. The van der Waals surface area contributed by atoms with E-state index in [4.69, 9.17) is 4.74 Å². The number of hydrogen-bond donors (Lipinski definition) is 1. The number of nitrogens with zero attached hydrogens (tertiary/aromatic N) is 2. The molecule has 5 fully saturated rings. The molecule has 2 saturated heterocycles. The number of rotatable bonds is 1. The van der Waals surface area contributed by atoms with E-state index in [0.29, 0.717) is 6.42 Å². The maximum absolute atomic E-state index is 13.2. The van der Waals surface area contributed by atoms with Gasteiger partial charge in [-0.15, -0.1) is 0 Å². The minimum atomic E-state index is -0.603. The number of aliphatic hydroxyl groups excluding tert-OH is 1. The van der Waals surface area contributed by atoms with E-state index in [-0.39, 0.29) is 28.7 Å². The molecule has 3 spiro atoms. The molecule has 6 nitrogen and oxygen atoms in total. The number of piperidine rings is 1. The topological polar surface area (TPSA) is 70.1 Å². The molecule has 1 aromatic rings. The Morgan fingerprint density at radius 1 is 1.17 bits per heavy atom. The lowest BCUT2D eigenvalue weighted by Gasteiger charge is -2.71. The largest absolute Gasteiger partial charge is 0.469 e. The number of carbonyl (C=O) groups excluding carboxylic acids is 2. The van der Waals surface area contributed by atoms with Crippen molar-refractivity contribution in [3.8, 4) is 0 Å². The smallest absolute Gasteiger partial charge is 0.311 e. The Hall–Kier alpha value is -1.92. The SMILES string of the molecule is COC(=O)[C@@H]1CC23CCC14N(C(C)=O)c1ccccc1[C@@]41CCN(CC[C@H]2O)[C@@H]31. The first kappa shape index (κ1) is 17.9. The zero-order chi connectivity index (χ0) is 20.2. The molecule has 3 aliphatic heterocycles. The summed E-state index contributed by atoms with van der Waals surface area (Å²) in [4.78, 5) is 30.8. The first-order chi connectivity index (χ1) is 13.9. The van der Waals surface area contributed by atoms with Crippen LogP contribution in [0.15, 0.2) is 24.3 Å². The molecule has 0 radical (unpaired) electrons. The van der Waals surface area contributed by atoms with E-state index in [0.717, 1.165) is 44.5 Å².